The van der Waals surface area contributed by atoms with Crippen molar-refractivity contribution in [2.24, 2.45) is 0 Å². The maximum atomic E-state index is 5.61. The largest absolute Gasteiger partial charge is 0.399 e. The summed E-state index contributed by atoms with van der Waals surface area (Å²) in [5.74, 6) is 0. The van der Waals surface area contributed by atoms with Crippen molar-refractivity contribution in [3.05, 3.63) is 24.3 Å². The van der Waals surface area contributed by atoms with Gasteiger partial charge in [0.1, 0.15) is 0 Å². The monoisotopic (exact) mass is 194 g/mol. The summed E-state index contributed by atoms with van der Waals surface area (Å²) in [7, 11) is 0. The molecule has 3 heteroatoms. The van der Waals surface area contributed by atoms with Gasteiger partial charge in [0.25, 0.3) is 0 Å². The predicted molar refractivity (Wildman–Crippen MR) is 58.0 cm³/mol. The highest BCUT2D eigenvalue weighted by atomic mass is 32.2. The van der Waals surface area contributed by atoms with E-state index >= 15 is 0 Å². The van der Waals surface area contributed by atoms with E-state index in [0.717, 1.165) is 24.0 Å². The summed E-state index contributed by atoms with van der Waals surface area (Å²) in [4.78, 5) is 1.32. The van der Waals surface area contributed by atoms with Crippen molar-refractivity contribution in [1.29, 1.82) is 0 Å². The maximum absolute atomic E-state index is 5.61. The van der Waals surface area contributed by atoms with Crippen molar-refractivity contribution in [1.82, 2.24) is 5.32 Å². The van der Waals surface area contributed by atoms with E-state index in [0.29, 0.717) is 0 Å². The Morgan fingerprint density at radius 3 is 2.69 bits per heavy atom. The smallest absolute Gasteiger partial charge is 0.0314 e. The van der Waals surface area contributed by atoms with Crippen LogP contribution >= 0.6 is 11.8 Å². The Bertz CT molecular complexity index is 265. The molecule has 13 heavy (non-hydrogen) atoms. The molecule has 1 aliphatic rings. The number of hydrogen-bond acceptors (Lipinski definition) is 3. The van der Waals surface area contributed by atoms with E-state index in [4.69, 9.17) is 5.73 Å². The van der Waals surface area contributed by atoms with Crippen molar-refractivity contribution in [3.63, 3.8) is 0 Å². The normalized spacial score (nSPS) is 22.0. The van der Waals surface area contributed by atoms with Crippen LogP contribution in [0.5, 0.6) is 0 Å². The molecule has 2 nitrogen and oxygen atoms in total. The van der Waals surface area contributed by atoms with Gasteiger partial charge in [0.15, 0.2) is 0 Å². The summed E-state index contributed by atoms with van der Waals surface area (Å²) in [6.07, 6.45) is 1.27. The van der Waals surface area contributed by atoms with E-state index in [1.165, 1.54) is 11.3 Å². The van der Waals surface area contributed by atoms with Gasteiger partial charge in [-0.1, -0.05) is 0 Å². The second-order valence-corrected chi connectivity index (χ2v) is 4.68. The van der Waals surface area contributed by atoms with E-state index in [2.05, 4.69) is 17.4 Å². The first-order valence-electron chi connectivity index (χ1n) is 4.57. The number of anilines is 1. The molecule has 0 bridgehead atoms. The zero-order valence-electron chi connectivity index (χ0n) is 7.49. The third-order valence-corrected chi connectivity index (χ3v) is 3.48. The molecule has 1 saturated heterocycles. The zero-order chi connectivity index (χ0) is 9.10. The molecule has 0 amide bonds. The molecule has 0 saturated carbocycles. The second kappa shape index (κ2) is 4.03. The van der Waals surface area contributed by atoms with E-state index in [1.54, 1.807) is 0 Å². The van der Waals surface area contributed by atoms with Crippen molar-refractivity contribution in [2.75, 3.05) is 18.8 Å². The standard InChI is InChI=1S/C10H14N2S/c11-8-1-3-9(4-2-8)13-10-5-6-12-7-10/h1-4,10,12H,5-7,11H2. The number of hydrogen-bond donors (Lipinski definition) is 2. The highest BCUT2D eigenvalue weighted by Crippen LogP contribution is 2.27. The van der Waals surface area contributed by atoms with Crippen LogP contribution in [0, 0.1) is 0 Å². The van der Waals surface area contributed by atoms with Crippen LogP contribution in [0.2, 0.25) is 0 Å². The van der Waals surface area contributed by atoms with Crippen LogP contribution in [0.3, 0.4) is 0 Å². The number of thioether (sulfide) groups is 1. The predicted octanol–water partition coefficient (Wildman–Crippen LogP) is 1.72. The highest BCUT2D eigenvalue weighted by Gasteiger charge is 2.14. The summed E-state index contributed by atoms with van der Waals surface area (Å²) in [6, 6.07) is 8.12. The highest BCUT2D eigenvalue weighted by molar-refractivity contribution is 8.00. The number of nitrogens with one attached hydrogen (secondary N) is 1. The molecular weight excluding hydrogens is 180 g/mol. The lowest BCUT2D eigenvalue weighted by atomic mass is 10.3. The fourth-order valence-corrected chi connectivity index (χ4v) is 2.58. The Kier molecular flexibility index (Phi) is 2.76. The van der Waals surface area contributed by atoms with Gasteiger partial charge in [0, 0.05) is 22.4 Å². The second-order valence-electron chi connectivity index (χ2n) is 3.30. The Hall–Kier alpha value is -0.670. The van der Waals surface area contributed by atoms with Crippen LogP contribution in [0.15, 0.2) is 29.2 Å². The van der Waals surface area contributed by atoms with Crippen LogP contribution < -0.4 is 11.1 Å². The number of benzene rings is 1. The molecule has 1 fully saturated rings. The third-order valence-electron chi connectivity index (χ3n) is 2.20. The van der Waals surface area contributed by atoms with Gasteiger partial charge in [-0.05, 0) is 37.2 Å². The summed E-state index contributed by atoms with van der Waals surface area (Å²) >= 11 is 1.94. The van der Waals surface area contributed by atoms with Crippen molar-refractivity contribution < 1.29 is 0 Å². The molecule has 2 rings (SSSR count). The summed E-state index contributed by atoms with van der Waals surface area (Å²) in [6.45, 7) is 2.29. The topological polar surface area (TPSA) is 38.0 Å². The molecule has 1 aromatic rings. The van der Waals surface area contributed by atoms with Crippen LogP contribution in [0.1, 0.15) is 6.42 Å². The van der Waals surface area contributed by atoms with Gasteiger partial charge >= 0.3 is 0 Å². The van der Waals surface area contributed by atoms with Crippen molar-refractivity contribution in [3.8, 4) is 0 Å². The molecule has 3 N–H and O–H groups in total. The van der Waals surface area contributed by atoms with Gasteiger partial charge in [-0.25, -0.2) is 0 Å². The van der Waals surface area contributed by atoms with E-state index in [1.807, 2.05) is 23.9 Å². The Morgan fingerprint density at radius 2 is 2.08 bits per heavy atom. The van der Waals surface area contributed by atoms with Crippen LogP contribution in [0.4, 0.5) is 5.69 Å². The lowest BCUT2D eigenvalue weighted by Gasteiger charge is -2.07. The quantitative estimate of drug-likeness (QED) is 0.704. The van der Waals surface area contributed by atoms with Gasteiger partial charge in [0.2, 0.25) is 0 Å². The van der Waals surface area contributed by atoms with Crippen LogP contribution in [0.25, 0.3) is 0 Å². The van der Waals surface area contributed by atoms with Crippen LogP contribution in [-0.4, -0.2) is 18.3 Å². The summed E-state index contributed by atoms with van der Waals surface area (Å²) in [5.41, 5.74) is 6.45. The first-order valence-corrected chi connectivity index (χ1v) is 5.45. The minimum atomic E-state index is 0.739. The molecule has 70 valence electrons. The van der Waals surface area contributed by atoms with Crippen LogP contribution in [-0.2, 0) is 0 Å². The average Bonchev–Trinajstić information content (AvgIpc) is 2.62. The van der Waals surface area contributed by atoms with Crippen molar-refractivity contribution in [2.45, 2.75) is 16.6 Å². The molecule has 0 radical (unpaired) electrons. The fraction of sp³-hybridized carbons (Fsp3) is 0.400. The number of nitrogen functional groups attached to an aromatic ring is 1. The van der Waals surface area contributed by atoms with Gasteiger partial charge < -0.3 is 11.1 Å². The summed E-state index contributed by atoms with van der Waals surface area (Å²) < 4.78 is 0. The zero-order valence-corrected chi connectivity index (χ0v) is 8.31. The molecule has 1 heterocycles. The number of rotatable bonds is 2. The molecule has 1 aliphatic heterocycles. The Labute approximate surface area is 82.9 Å². The first-order chi connectivity index (χ1) is 6.34. The maximum Gasteiger partial charge on any atom is 0.0314 e. The lowest BCUT2D eigenvalue weighted by molar-refractivity contribution is 0.858. The Morgan fingerprint density at radius 1 is 1.31 bits per heavy atom. The van der Waals surface area contributed by atoms with Gasteiger partial charge in [-0.3, -0.25) is 0 Å². The molecule has 0 spiro atoms. The first kappa shape index (κ1) is 8.91. The minimum Gasteiger partial charge on any atom is -0.399 e. The van der Waals surface area contributed by atoms with Gasteiger partial charge in [-0.2, -0.15) is 0 Å². The average molecular weight is 194 g/mol. The van der Waals surface area contributed by atoms with Gasteiger partial charge in [0.05, 0.1) is 0 Å². The minimum absolute atomic E-state index is 0.739. The Balaban J connectivity index is 1.97. The van der Waals surface area contributed by atoms with E-state index in [9.17, 15) is 0 Å². The number of nitrogens with two attached hydrogens (primary N) is 1. The van der Waals surface area contributed by atoms with Crippen molar-refractivity contribution >= 4 is 17.4 Å². The van der Waals surface area contributed by atoms with E-state index < -0.39 is 0 Å². The van der Waals surface area contributed by atoms with Gasteiger partial charge in [-0.15, -0.1) is 11.8 Å². The molecule has 0 aromatic heterocycles. The molecule has 1 aromatic carbocycles. The molecule has 1 atom stereocenters. The fourth-order valence-electron chi connectivity index (χ4n) is 1.47. The SMILES string of the molecule is Nc1ccc(SC2CCNC2)cc1. The van der Waals surface area contributed by atoms with E-state index in [-0.39, 0.29) is 0 Å². The molecular formula is C10H14N2S. The lowest BCUT2D eigenvalue weighted by Crippen LogP contribution is -2.09. The molecule has 1 unspecified atom stereocenters. The summed E-state index contributed by atoms with van der Waals surface area (Å²) in [5, 5.41) is 4.10. The third kappa shape index (κ3) is 2.39. The molecule has 0 aliphatic carbocycles.